The SMILES string of the molecule is [2H]c1c(C)c([2H])c(-c2c(C)ccc3c2oc2c([N+]#[C-])c(C4([2H])CCCCC4)ccc23)[n+](C)c1C. The lowest BCUT2D eigenvalue weighted by Gasteiger charge is -2.23. The van der Waals surface area contributed by atoms with Crippen molar-refractivity contribution in [2.24, 2.45) is 7.05 Å². The Morgan fingerprint density at radius 2 is 1.74 bits per heavy atom. The second kappa shape index (κ2) is 7.54. The van der Waals surface area contributed by atoms with Crippen LogP contribution in [0.1, 0.15) is 64.5 Å². The van der Waals surface area contributed by atoms with Crippen LogP contribution in [0.25, 0.3) is 38.0 Å². The quantitative estimate of drug-likeness (QED) is 0.245. The lowest BCUT2D eigenvalue weighted by atomic mass is 9.83. The zero-order valence-corrected chi connectivity index (χ0v) is 18.6. The van der Waals surface area contributed by atoms with Gasteiger partial charge in [-0.25, -0.2) is 4.85 Å². The van der Waals surface area contributed by atoms with Crippen LogP contribution in [0, 0.1) is 27.3 Å². The van der Waals surface area contributed by atoms with Gasteiger partial charge in [0.2, 0.25) is 11.4 Å². The van der Waals surface area contributed by atoms with Gasteiger partial charge in [0.1, 0.15) is 18.2 Å². The smallest absolute Gasteiger partial charge is 0.232 e. The zero-order chi connectivity index (χ0) is 24.4. The van der Waals surface area contributed by atoms with E-state index < -0.39 is 5.89 Å². The number of hydrogen-bond donors (Lipinski definition) is 0. The molecule has 156 valence electrons. The summed E-state index contributed by atoms with van der Waals surface area (Å²) in [7, 11) is 1.89. The van der Waals surface area contributed by atoms with Gasteiger partial charge in [0.15, 0.2) is 5.69 Å². The van der Waals surface area contributed by atoms with Gasteiger partial charge in [-0.1, -0.05) is 43.5 Å². The molecule has 0 radical (unpaired) electrons. The van der Waals surface area contributed by atoms with Crippen molar-refractivity contribution in [1.29, 1.82) is 0 Å². The van der Waals surface area contributed by atoms with E-state index in [9.17, 15) is 0 Å². The number of aryl methyl sites for hydroxylation is 1. The van der Waals surface area contributed by atoms with Crippen molar-refractivity contribution in [2.75, 3.05) is 0 Å². The van der Waals surface area contributed by atoms with E-state index in [0.717, 1.165) is 65.3 Å². The summed E-state index contributed by atoms with van der Waals surface area (Å²) in [6.45, 7) is 13.7. The molecule has 2 aromatic carbocycles. The number of fused-ring (bicyclic) bond motifs is 3. The van der Waals surface area contributed by atoms with Crippen molar-refractivity contribution in [1.82, 2.24) is 0 Å². The monoisotopic (exact) mass is 412 g/mol. The summed E-state index contributed by atoms with van der Waals surface area (Å²) in [4.78, 5) is 3.88. The highest BCUT2D eigenvalue weighted by Gasteiger charge is 2.26. The van der Waals surface area contributed by atoms with Crippen LogP contribution < -0.4 is 4.57 Å². The zero-order valence-electron chi connectivity index (χ0n) is 21.6. The lowest BCUT2D eigenvalue weighted by molar-refractivity contribution is -0.666. The third-order valence-electron chi connectivity index (χ3n) is 6.69. The van der Waals surface area contributed by atoms with Gasteiger partial charge in [-0.3, -0.25) is 0 Å². The summed E-state index contributed by atoms with van der Waals surface area (Å²) in [5.41, 5.74) is 6.32. The molecule has 0 spiro atoms. The normalized spacial score (nSPS) is 17.3. The lowest BCUT2D eigenvalue weighted by Crippen LogP contribution is -2.35. The molecule has 5 rings (SSSR count). The Balaban J connectivity index is 1.86. The maximum Gasteiger partial charge on any atom is 0.232 e. The Bertz CT molecular complexity index is 1490. The molecule has 0 bridgehead atoms. The minimum absolute atomic E-state index is 0.313. The average molecular weight is 413 g/mol. The first-order valence-corrected chi connectivity index (χ1v) is 11.0. The van der Waals surface area contributed by atoms with Crippen LogP contribution in [0.15, 0.2) is 40.8 Å². The van der Waals surface area contributed by atoms with Crippen LogP contribution in [-0.4, -0.2) is 0 Å². The molecule has 4 aromatic rings. The molecular weight excluding hydrogens is 380 g/mol. The molecule has 0 atom stereocenters. The van der Waals surface area contributed by atoms with Crippen LogP contribution in [0.4, 0.5) is 5.69 Å². The van der Waals surface area contributed by atoms with Gasteiger partial charge in [0.05, 0.1) is 14.9 Å². The number of aromatic nitrogens is 1. The van der Waals surface area contributed by atoms with Crippen LogP contribution in [0.3, 0.4) is 0 Å². The summed E-state index contributed by atoms with van der Waals surface area (Å²) < 4.78 is 34.7. The molecule has 2 aromatic heterocycles. The number of nitrogens with zero attached hydrogens (tertiary/aromatic N) is 2. The fraction of sp³-hybridized carbons (Fsp3) is 0.357. The standard InChI is InChI=1S/C28H29N2O/c1-17-15-19(3)30(5)24(16-17)25-18(2)11-12-22-23-14-13-21(20-9-7-6-8-10-20)26(29-4)28(23)31-27(22)25/h11-16,20H,6-10H2,1-3,5H3/q+1/i15D,16D,20D. The number of pyridine rings is 1. The van der Waals surface area contributed by atoms with Gasteiger partial charge >= 0.3 is 0 Å². The van der Waals surface area contributed by atoms with E-state index >= 15 is 0 Å². The third kappa shape index (κ3) is 3.13. The van der Waals surface area contributed by atoms with Crippen molar-refractivity contribution in [3.8, 4) is 11.3 Å². The molecule has 1 aliphatic carbocycles. The van der Waals surface area contributed by atoms with Gasteiger partial charge in [-0.15, -0.1) is 0 Å². The first kappa shape index (κ1) is 16.6. The van der Waals surface area contributed by atoms with Crippen molar-refractivity contribution in [3.05, 3.63) is 70.2 Å². The molecule has 3 heteroatoms. The second-order valence-corrected chi connectivity index (χ2v) is 8.72. The maximum absolute atomic E-state index is 9.12. The molecule has 0 N–H and O–H groups in total. The largest absolute Gasteiger partial charge is 0.466 e. The minimum Gasteiger partial charge on any atom is -0.466 e. The predicted octanol–water partition coefficient (Wildman–Crippen LogP) is 7.60. The Kier molecular flexibility index (Phi) is 4.02. The van der Waals surface area contributed by atoms with Crippen LogP contribution in [0.2, 0.25) is 0 Å². The molecule has 0 amide bonds. The molecular formula is C28H29N2O+. The van der Waals surface area contributed by atoms with Crippen LogP contribution in [0.5, 0.6) is 0 Å². The number of benzene rings is 2. The van der Waals surface area contributed by atoms with Crippen molar-refractivity contribution in [2.45, 2.75) is 58.8 Å². The highest BCUT2D eigenvalue weighted by molar-refractivity contribution is 6.13. The van der Waals surface area contributed by atoms with Crippen LogP contribution in [-0.2, 0) is 7.05 Å². The molecule has 0 unspecified atom stereocenters. The van der Waals surface area contributed by atoms with Gasteiger partial charge in [0, 0.05) is 31.2 Å². The van der Waals surface area contributed by atoms with Gasteiger partial charge in [-0.2, -0.15) is 4.57 Å². The topological polar surface area (TPSA) is 21.4 Å². The van der Waals surface area contributed by atoms with Crippen LogP contribution >= 0.6 is 0 Å². The first-order valence-electron chi connectivity index (χ1n) is 12.5. The van der Waals surface area contributed by atoms with Gasteiger partial charge in [-0.05, 0) is 49.3 Å². The third-order valence-corrected chi connectivity index (χ3v) is 6.69. The molecule has 0 aliphatic heterocycles. The maximum atomic E-state index is 9.12. The Hall–Kier alpha value is -3.12. The van der Waals surface area contributed by atoms with E-state index in [1.807, 2.05) is 56.7 Å². The van der Waals surface area contributed by atoms with Crippen molar-refractivity contribution < 1.29 is 13.1 Å². The summed E-state index contributed by atoms with van der Waals surface area (Å²) in [5, 5.41) is 1.77. The van der Waals surface area contributed by atoms with Crippen molar-refractivity contribution in [3.63, 3.8) is 0 Å². The van der Waals surface area contributed by atoms with E-state index in [4.69, 9.17) is 15.1 Å². The molecule has 2 heterocycles. The molecule has 1 fully saturated rings. The molecule has 0 saturated heterocycles. The Labute approximate surface area is 188 Å². The fourth-order valence-electron chi connectivity index (χ4n) is 4.97. The Morgan fingerprint density at radius 3 is 2.48 bits per heavy atom. The summed E-state index contributed by atoms with van der Waals surface area (Å²) in [6.07, 6.45) is 4.70. The summed E-state index contributed by atoms with van der Waals surface area (Å²) in [6, 6.07) is 8.70. The van der Waals surface area contributed by atoms with E-state index in [1.165, 1.54) is 0 Å². The molecule has 1 saturated carbocycles. The average Bonchev–Trinajstić information content (AvgIpc) is 3.21. The highest BCUT2D eigenvalue weighted by Crippen LogP contribution is 2.45. The van der Waals surface area contributed by atoms with E-state index in [0.29, 0.717) is 40.2 Å². The number of hydrogen-bond acceptors (Lipinski definition) is 1. The van der Waals surface area contributed by atoms with Crippen molar-refractivity contribution >= 4 is 27.6 Å². The predicted molar refractivity (Wildman–Crippen MR) is 127 cm³/mol. The fourth-order valence-corrected chi connectivity index (χ4v) is 4.97. The molecule has 3 nitrogen and oxygen atoms in total. The second-order valence-electron chi connectivity index (χ2n) is 8.72. The van der Waals surface area contributed by atoms with E-state index in [-0.39, 0.29) is 0 Å². The Morgan fingerprint density at radius 1 is 1.03 bits per heavy atom. The molecule has 1 aliphatic rings. The minimum atomic E-state index is -0.747. The highest BCUT2D eigenvalue weighted by atomic mass is 16.3. The van der Waals surface area contributed by atoms with Gasteiger partial charge in [0.25, 0.3) is 0 Å². The van der Waals surface area contributed by atoms with E-state index in [2.05, 4.69) is 4.85 Å². The summed E-state index contributed by atoms with van der Waals surface area (Å²) in [5.74, 6) is -0.747. The van der Waals surface area contributed by atoms with E-state index in [1.54, 1.807) is 0 Å². The molecule has 31 heavy (non-hydrogen) atoms. The first-order chi connectivity index (χ1) is 16.2. The summed E-state index contributed by atoms with van der Waals surface area (Å²) >= 11 is 0. The van der Waals surface area contributed by atoms with Gasteiger partial charge < -0.3 is 4.42 Å². The number of furan rings is 1. The number of rotatable bonds is 2.